The lowest BCUT2D eigenvalue weighted by Gasteiger charge is -2.47. The molecule has 0 unspecified atom stereocenters. The van der Waals surface area contributed by atoms with E-state index in [0.717, 1.165) is 36.8 Å². The molecule has 0 radical (unpaired) electrons. The first-order chi connectivity index (χ1) is 16.2. The summed E-state index contributed by atoms with van der Waals surface area (Å²) in [5.74, 6) is -0.234. The van der Waals surface area contributed by atoms with Crippen molar-refractivity contribution in [1.82, 2.24) is 15.6 Å². The van der Waals surface area contributed by atoms with Gasteiger partial charge in [0.2, 0.25) is 17.7 Å². The first kappa shape index (κ1) is 24.1. The standard InChI is InChI=1S/C25H31FN4O4/c1-15(31)29-19-11-20-22(12-25(8-3-9-25)34-24(20)28-13-19)27-14-23(33)21(30-16(2)32)10-17-4-6-18(26)7-5-17/h4-7,11,13,21-23,27,33H,3,8-10,12,14H2,1-2H3,(H,29,31)(H,30,32)/t21-,22-,23+/m0/s1. The number of benzene rings is 1. The number of rotatable bonds is 8. The van der Waals surface area contributed by atoms with Crippen molar-refractivity contribution in [3.8, 4) is 5.88 Å². The number of pyridine rings is 1. The molecule has 4 rings (SSSR count). The first-order valence-corrected chi connectivity index (χ1v) is 11.6. The van der Waals surface area contributed by atoms with Gasteiger partial charge in [-0.2, -0.15) is 0 Å². The van der Waals surface area contributed by atoms with E-state index >= 15 is 0 Å². The molecular weight excluding hydrogens is 439 g/mol. The molecular formula is C25H31FN4O4. The number of ether oxygens (including phenoxy) is 1. The molecule has 0 bridgehead atoms. The topological polar surface area (TPSA) is 113 Å². The van der Waals surface area contributed by atoms with E-state index in [9.17, 15) is 19.1 Å². The molecule has 182 valence electrons. The second kappa shape index (κ2) is 10.1. The number of carbonyl (C=O) groups excluding carboxylic acids is 2. The summed E-state index contributed by atoms with van der Waals surface area (Å²) in [7, 11) is 0. The number of hydrogen-bond acceptors (Lipinski definition) is 6. The molecule has 1 aromatic carbocycles. The summed E-state index contributed by atoms with van der Waals surface area (Å²) in [4.78, 5) is 27.7. The van der Waals surface area contributed by atoms with Crippen molar-refractivity contribution in [2.75, 3.05) is 11.9 Å². The minimum atomic E-state index is -0.885. The van der Waals surface area contributed by atoms with Crippen LogP contribution in [0, 0.1) is 5.82 Å². The number of anilines is 1. The van der Waals surface area contributed by atoms with Crippen LogP contribution < -0.4 is 20.7 Å². The van der Waals surface area contributed by atoms with E-state index in [1.54, 1.807) is 18.3 Å². The summed E-state index contributed by atoms with van der Waals surface area (Å²) in [5, 5.41) is 20.0. The van der Waals surface area contributed by atoms with E-state index in [2.05, 4.69) is 20.9 Å². The largest absolute Gasteiger partial charge is 0.471 e. The lowest BCUT2D eigenvalue weighted by Crippen LogP contribution is -2.52. The fraction of sp³-hybridized carbons (Fsp3) is 0.480. The van der Waals surface area contributed by atoms with Crippen LogP contribution in [0.1, 0.15) is 56.7 Å². The number of nitrogens with zero attached hydrogens (tertiary/aromatic N) is 1. The highest BCUT2D eigenvalue weighted by molar-refractivity contribution is 5.88. The molecule has 2 heterocycles. The van der Waals surface area contributed by atoms with Crippen molar-refractivity contribution in [1.29, 1.82) is 0 Å². The third-order valence-electron chi connectivity index (χ3n) is 6.52. The zero-order chi connectivity index (χ0) is 24.3. The summed E-state index contributed by atoms with van der Waals surface area (Å²) < 4.78 is 19.5. The Morgan fingerprint density at radius 3 is 2.59 bits per heavy atom. The van der Waals surface area contributed by atoms with Gasteiger partial charge >= 0.3 is 0 Å². The number of aliphatic hydroxyl groups is 1. The van der Waals surface area contributed by atoms with Gasteiger partial charge in [0.05, 0.1) is 24.0 Å². The summed E-state index contributed by atoms with van der Waals surface area (Å²) >= 11 is 0. The molecule has 2 aromatic rings. The number of amides is 2. The van der Waals surface area contributed by atoms with Crippen LogP contribution in [0.15, 0.2) is 36.5 Å². The Kier molecular flexibility index (Phi) is 7.13. The van der Waals surface area contributed by atoms with Crippen molar-refractivity contribution in [3.63, 3.8) is 0 Å². The molecule has 1 saturated carbocycles. The molecule has 1 spiro atoms. The van der Waals surface area contributed by atoms with Gasteiger partial charge in [0.1, 0.15) is 11.4 Å². The Morgan fingerprint density at radius 1 is 1.24 bits per heavy atom. The maximum Gasteiger partial charge on any atom is 0.221 e. The lowest BCUT2D eigenvalue weighted by atomic mass is 9.73. The quantitative estimate of drug-likeness (QED) is 0.472. The molecule has 1 aliphatic carbocycles. The zero-order valence-electron chi connectivity index (χ0n) is 19.4. The normalized spacial score (nSPS) is 19.8. The third kappa shape index (κ3) is 5.71. The van der Waals surface area contributed by atoms with Crippen LogP contribution in [-0.2, 0) is 16.0 Å². The average Bonchev–Trinajstić information content (AvgIpc) is 2.76. The molecule has 3 atom stereocenters. The van der Waals surface area contributed by atoms with Crippen LogP contribution in [0.3, 0.4) is 0 Å². The van der Waals surface area contributed by atoms with Gasteiger partial charge in [-0.05, 0) is 49.4 Å². The highest BCUT2D eigenvalue weighted by atomic mass is 19.1. The van der Waals surface area contributed by atoms with E-state index in [1.165, 1.54) is 26.0 Å². The molecule has 34 heavy (non-hydrogen) atoms. The lowest BCUT2D eigenvalue weighted by molar-refractivity contribution is -0.120. The van der Waals surface area contributed by atoms with Crippen LogP contribution in [-0.4, -0.2) is 46.2 Å². The summed E-state index contributed by atoms with van der Waals surface area (Å²) in [6.07, 6.45) is 4.77. The fourth-order valence-electron chi connectivity index (χ4n) is 4.69. The van der Waals surface area contributed by atoms with Crippen LogP contribution in [0.5, 0.6) is 5.88 Å². The number of fused-ring (bicyclic) bond motifs is 1. The SMILES string of the molecule is CC(=O)Nc1cnc2c(c1)[C@@H](NC[C@@H](O)[C@H](Cc1ccc(F)cc1)NC(C)=O)CC1(CCC1)O2. The Morgan fingerprint density at radius 2 is 1.97 bits per heavy atom. The van der Waals surface area contributed by atoms with Gasteiger partial charge in [0.25, 0.3) is 0 Å². The van der Waals surface area contributed by atoms with Crippen molar-refractivity contribution >= 4 is 17.5 Å². The Hall–Kier alpha value is -3.04. The average molecular weight is 471 g/mol. The van der Waals surface area contributed by atoms with E-state index in [4.69, 9.17) is 4.74 Å². The molecule has 1 fully saturated rings. The predicted octanol–water partition coefficient (Wildman–Crippen LogP) is 2.62. The molecule has 1 aromatic heterocycles. The van der Waals surface area contributed by atoms with Crippen molar-refractivity contribution in [3.05, 3.63) is 53.5 Å². The maximum atomic E-state index is 13.3. The molecule has 0 saturated heterocycles. The molecule has 2 aliphatic rings. The minimum absolute atomic E-state index is 0.135. The second-order valence-corrected chi connectivity index (χ2v) is 9.31. The first-order valence-electron chi connectivity index (χ1n) is 11.6. The number of carbonyl (C=O) groups is 2. The van der Waals surface area contributed by atoms with Gasteiger partial charge in [-0.25, -0.2) is 9.37 Å². The fourth-order valence-corrected chi connectivity index (χ4v) is 4.69. The van der Waals surface area contributed by atoms with E-state index in [0.29, 0.717) is 18.0 Å². The molecule has 2 amide bonds. The van der Waals surface area contributed by atoms with Gasteiger partial charge in [0, 0.05) is 38.4 Å². The predicted molar refractivity (Wildman–Crippen MR) is 125 cm³/mol. The zero-order valence-corrected chi connectivity index (χ0v) is 19.4. The number of aromatic nitrogens is 1. The smallest absolute Gasteiger partial charge is 0.221 e. The van der Waals surface area contributed by atoms with Crippen molar-refractivity contribution < 1.29 is 23.8 Å². The monoisotopic (exact) mass is 470 g/mol. The number of nitrogens with one attached hydrogen (secondary N) is 3. The van der Waals surface area contributed by atoms with Crippen LogP contribution in [0.25, 0.3) is 0 Å². The summed E-state index contributed by atoms with van der Waals surface area (Å²) in [6.45, 7) is 3.06. The van der Waals surface area contributed by atoms with Crippen molar-refractivity contribution in [2.24, 2.45) is 0 Å². The molecule has 9 heteroatoms. The highest BCUT2D eigenvalue weighted by Gasteiger charge is 2.46. The van der Waals surface area contributed by atoms with Crippen LogP contribution in [0.4, 0.5) is 10.1 Å². The number of hydrogen-bond donors (Lipinski definition) is 4. The van der Waals surface area contributed by atoms with Crippen LogP contribution >= 0.6 is 0 Å². The van der Waals surface area contributed by atoms with Gasteiger partial charge < -0.3 is 25.8 Å². The number of halogens is 1. The van der Waals surface area contributed by atoms with E-state index in [-0.39, 0.29) is 35.8 Å². The van der Waals surface area contributed by atoms with Gasteiger partial charge in [-0.3, -0.25) is 9.59 Å². The van der Waals surface area contributed by atoms with Gasteiger partial charge in [0.15, 0.2) is 0 Å². The summed E-state index contributed by atoms with van der Waals surface area (Å²) in [5.41, 5.74) is 1.96. The maximum absolute atomic E-state index is 13.3. The Balaban J connectivity index is 1.49. The van der Waals surface area contributed by atoms with Crippen LogP contribution in [0.2, 0.25) is 0 Å². The number of aliphatic hydroxyl groups excluding tert-OH is 1. The minimum Gasteiger partial charge on any atom is -0.471 e. The Labute approximate surface area is 198 Å². The molecule has 4 N–H and O–H groups in total. The Bertz CT molecular complexity index is 1040. The molecule has 1 aliphatic heterocycles. The second-order valence-electron chi connectivity index (χ2n) is 9.31. The van der Waals surface area contributed by atoms with E-state index in [1.807, 2.05) is 6.07 Å². The third-order valence-corrected chi connectivity index (χ3v) is 6.52. The van der Waals surface area contributed by atoms with Gasteiger partial charge in [-0.15, -0.1) is 0 Å². The highest BCUT2D eigenvalue weighted by Crippen LogP contribution is 2.48. The van der Waals surface area contributed by atoms with Crippen molar-refractivity contribution in [2.45, 2.75) is 69.7 Å². The van der Waals surface area contributed by atoms with Gasteiger partial charge in [-0.1, -0.05) is 12.1 Å². The summed E-state index contributed by atoms with van der Waals surface area (Å²) in [6, 6.07) is 7.19. The van der Waals surface area contributed by atoms with E-state index < -0.39 is 12.1 Å². The molecule has 8 nitrogen and oxygen atoms in total.